The van der Waals surface area contributed by atoms with Gasteiger partial charge in [-0.25, -0.2) is 0 Å². The molecule has 2 fully saturated rings. The number of rotatable bonds is 0. The highest BCUT2D eigenvalue weighted by Crippen LogP contribution is 2.50. The fourth-order valence-corrected chi connectivity index (χ4v) is 1.42. The van der Waals surface area contributed by atoms with Gasteiger partial charge in [0.15, 0.2) is 0 Å². The van der Waals surface area contributed by atoms with Crippen LogP contribution in [0.4, 0.5) is 0 Å². The molecule has 6 heavy (non-hydrogen) atoms. The first-order valence-electron chi connectivity index (χ1n) is 2.80. The summed E-state index contributed by atoms with van der Waals surface area (Å²) in [6, 6.07) is 0. The van der Waals surface area contributed by atoms with Crippen LogP contribution in [-0.4, -0.2) is 0 Å². The summed E-state index contributed by atoms with van der Waals surface area (Å²) in [6.45, 7) is 0. The molecule has 0 bridgehead atoms. The van der Waals surface area contributed by atoms with Crippen molar-refractivity contribution in [2.24, 2.45) is 11.8 Å². The Hall–Kier alpha value is 0. The zero-order valence-corrected chi connectivity index (χ0v) is 3.85. The molecule has 0 spiro atoms. The van der Waals surface area contributed by atoms with E-state index in [1.807, 2.05) is 0 Å². The van der Waals surface area contributed by atoms with Gasteiger partial charge >= 0.3 is 0 Å². The average Bonchev–Trinajstić information content (AvgIpc) is 2.17. The van der Waals surface area contributed by atoms with Gasteiger partial charge in [-0.15, -0.1) is 0 Å². The number of fused-ring (bicyclic) bond motifs is 1. The van der Waals surface area contributed by atoms with Gasteiger partial charge in [0.05, 0.1) is 0 Å². The van der Waals surface area contributed by atoms with Crippen LogP contribution in [0.3, 0.4) is 0 Å². The zero-order chi connectivity index (χ0) is 3.98. The molecule has 2 atom stereocenters. The van der Waals surface area contributed by atoms with Gasteiger partial charge in [-0.2, -0.15) is 0 Å². The lowest BCUT2D eigenvalue weighted by Crippen LogP contribution is -1.65. The van der Waals surface area contributed by atoms with E-state index < -0.39 is 0 Å². The number of hydrogen-bond acceptors (Lipinski definition) is 0. The molecule has 0 heterocycles. The van der Waals surface area contributed by atoms with Crippen LogP contribution in [0.25, 0.3) is 0 Å². The molecule has 1 radical (unpaired) electrons. The van der Waals surface area contributed by atoms with Crippen molar-refractivity contribution in [3.8, 4) is 0 Å². The Labute approximate surface area is 38.6 Å². The minimum atomic E-state index is 1.09. The fourth-order valence-electron chi connectivity index (χ4n) is 1.42. The van der Waals surface area contributed by atoms with Crippen LogP contribution in [0, 0.1) is 18.3 Å². The summed E-state index contributed by atoms with van der Waals surface area (Å²) in [4.78, 5) is 0. The van der Waals surface area contributed by atoms with Crippen LogP contribution < -0.4 is 0 Å². The van der Waals surface area contributed by atoms with Gasteiger partial charge in [0.2, 0.25) is 0 Å². The van der Waals surface area contributed by atoms with E-state index in [4.69, 9.17) is 0 Å². The predicted molar refractivity (Wildman–Crippen MR) is 25.1 cm³/mol. The normalized spacial score (nSPS) is 52.0. The second-order valence-electron chi connectivity index (χ2n) is 2.47. The highest BCUT2D eigenvalue weighted by molar-refractivity contribution is 5.02. The lowest BCUT2D eigenvalue weighted by atomic mass is 10.3. The largest absolute Gasteiger partial charge is 0.0499 e. The maximum Gasteiger partial charge on any atom is -0.0352 e. The lowest BCUT2D eigenvalue weighted by Gasteiger charge is -1.80. The van der Waals surface area contributed by atoms with Gasteiger partial charge in [0, 0.05) is 0 Å². The molecule has 2 saturated carbocycles. The first-order valence-corrected chi connectivity index (χ1v) is 2.80. The molecule has 0 aromatic carbocycles. The molecule has 0 nitrogen and oxygen atoms in total. The highest BCUT2D eigenvalue weighted by atomic mass is 14.5. The molecule has 0 aromatic heterocycles. The summed E-state index contributed by atoms with van der Waals surface area (Å²) >= 11 is 0. The first kappa shape index (κ1) is 3.06. The van der Waals surface area contributed by atoms with Crippen LogP contribution >= 0.6 is 0 Å². The third-order valence-electron chi connectivity index (χ3n) is 1.98. The monoisotopic (exact) mass is 81.1 g/mol. The molecular weight excluding hydrogens is 72.1 g/mol. The van der Waals surface area contributed by atoms with Crippen molar-refractivity contribution in [1.29, 1.82) is 0 Å². The van der Waals surface area contributed by atoms with Crippen molar-refractivity contribution in [1.82, 2.24) is 0 Å². The fraction of sp³-hybridized carbons (Fsp3) is 0.833. The van der Waals surface area contributed by atoms with Gasteiger partial charge in [0.25, 0.3) is 0 Å². The van der Waals surface area contributed by atoms with E-state index in [9.17, 15) is 0 Å². The molecule has 2 unspecified atom stereocenters. The second-order valence-corrected chi connectivity index (χ2v) is 2.47. The summed E-state index contributed by atoms with van der Waals surface area (Å²) in [5, 5.41) is 0. The highest BCUT2D eigenvalue weighted by Gasteiger charge is 2.40. The van der Waals surface area contributed by atoms with Crippen molar-refractivity contribution in [3.05, 3.63) is 6.42 Å². The maximum absolute atomic E-state index is 2.48. The van der Waals surface area contributed by atoms with Crippen molar-refractivity contribution >= 4 is 0 Å². The maximum atomic E-state index is 2.48. The smallest absolute Gasteiger partial charge is 0.0352 e. The van der Waals surface area contributed by atoms with Crippen molar-refractivity contribution in [2.75, 3.05) is 0 Å². The molecule has 2 aliphatic rings. The van der Waals surface area contributed by atoms with Gasteiger partial charge < -0.3 is 0 Å². The molecule has 0 N–H and O–H groups in total. The summed E-state index contributed by atoms with van der Waals surface area (Å²) in [5.41, 5.74) is 0. The van der Waals surface area contributed by atoms with E-state index in [-0.39, 0.29) is 0 Å². The Morgan fingerprint density at radius 1 is 1.50 bits per heavy atom. The van der Waals surface area contributed by atoms with E-state index in [0.29, 0.717) is 0 Å². The molecule has 2 aliphatic carbocycles. The molecule has 0 saturated heterocycles. The van der Waals surface area contributed by atoms with E-state index in [1.165, 1.54) is 19.3 Å². The third kappa shape index (κ3) is 0.250. The lowest BCUT2D eigenvalue weighted by molar-refractivity contribution is 0.785. The van der Waals surface area contributed by atoms with Crippen LogP contribution in [0.1, 0.15) is 19.3 Å². The van der Waals surface area contributed by atoms with Crippen molar-refractivity contribution in [3.63, 3.8) is 0 Å². The van der Waals surface area contributed by atoms with Gasteiger partial charge in [-0.3, -0.25) is 0 Å². The molecule has 0 aliphatic heterocycles. The molecule has 0 heteroatoms. The van der Waals surface area contributed by atoms with Crippen LogP contribution in [0.2, 0.25) is 0 Å². The van der Waals surface area contributed by atoms with Gasteiger partial charge in [-0.05, 0) is 37.5 Å². The summed E-state index contributed by atoms with van der Waals surface area (Å²) in [6.07, 6.45) is 6.92. The molecule has 0 amide bonds. The summed E-state index contributed by atoms with van der Waals surface area (Å²) in [7, 11) is 0. The third-order valence-corrected chi connectivity index (χ3v) is 1.98. The number of hydrogen-bond donors (Lipinski definition) is 0. The van der Waals surface area contributed by atoms with Crippen LogP contribution in [0.15, 0.2) is 0 Å². The molecular formula is C6H9. The zero-order valence-electron chi connectivity index (χ0n) is 3.85. The Bertz CT molecular complexity index is 58.4. The quantitative estimate of drug-likeness (QED) is 0.415. The van der Waals surface area contributed by atoms with Gasteiger partial charge in [-0.1, -0.05) is 0 Å². The minimum Gasteiger partial charge on any atom is -0.0499 e. The molecule has 2 rings (SSSR count). The first-order chi connectivity index (χ1) is 2.97. The Balaban J connectivity index is 2.09. The minimum absolute atomic E-state index is 1.09. The average molecular weight is 81.1 g/mol. The van der Waals surface area contributed by atoms with Crippen LogP contribution in [-0.2, 0) is 0 Å². The summed E-state index contributed by atoms with van der Waals surface area (Å²) in [5.74, 6) is 2.25. The Morgan fingerprint density at radius 3 is 2.67 bits per heavy atom. The Kier molecular flexibility index (Phi) is 0.408. The van der Waals surface area contributed by atoms with E-state index in [1.54, 1.807) is 0 Å². The molecule has 33 valence electrons. The van der Waals surface area contributed by atoms with Crippen molar-refractivity contribution in [2.45, 2.75) is 19.3 Å². The summed E-state index contributed by atoms with van der Waals surface area (Å²) < 4.78 is 0. The second kappa shape index (κ2) is 0.800. The topological polar surface area (TPSA) is 0 Å². The SMILES string of the molecule is [CH]1CCC2CC12. The van der Waals surface area contributed by atoms with Gasteiger partial charge in [0.1, 0.15) is 0 Å². The van der Waals surface area contributed by atoms with Crippen molar-refractivity contribution < 1.29 is 0 Å². The van der Waals surface area contributed by atoms with E-state index in [0.717, 1.165) is 11.8 Å². The standard InChI is InChI=1S/C6H9/c1-2-5-4-6(5)3-1/h2,5-6H,1,3-4H2. The Morgan fingerprint density at radius 2 is 2.50 bits per heavy atom. The predicted octanol–water partition coefficient (Wildman–Crippen LogP) is 1.62. The molecule has 0 aromatic rings. The van der Waals surface area contributed by atoms with E-state index >= 15 is 0 Å². The van der Waals surface area contributed by atoms with Crippen LogP contribution in [0.5, 0.6) is 0 Å². The van der Waals surface area contributed by atoms with E-state index in [2.05, 4.69) is 6.42 Å².